The molecule has 61 heavy (non-hydrogen) atoms. The standard InChI is InChI=1S/C48H62N10O3/c1-35-28-40(8-9-41(35)29-50-48(61)42-30-54-56(4)32-42)46(19-23-49-3)52-33-51-43-14-16-45(17-15-43)58-26-20-37(21-27-58)31-57-24-5-6-38(22-25-57)39-10-12-44(13-11-39)55-36(2)7-18-47(60)53-34-59/h8-17,19,23,28,30,32,34,36-38,51,55H,3,5-7,18,20-22,24-27,29,31,33H2,1-2,4H3,(H,50,61)(H,53,59,60)/b23-19-,52-46+. The van der Waals surface area contributed by atoms with E-state index in [1.807, 2.05) is 25.1 Å². The quantitative estimate of drug-likeness (QED) is 0.0580. The number of aliphatic imine (C=N–C) groups is 2. The SMILES string of the molecule is C=N/C=C\C(=N/CNc1ccc(N2CCC(CN3CCCC(c4ccc(NC(C)CCC(=O)NC=O)cc4)CC3)CC2)cc1)c1ccc(CNC(=O)c2cnn(C)c2)c(C)c1. The Labute approximate surface area is 360 Å². The summed E-state index contributed by atoms with van der Waals surface area (Å²) in [5.74, 6) is 0.906. The maximum absolute atomic E-state index is 12.5. The van der Waals surface area contributed by atoms with Crippen LogP contribution in [-0.4, -0.2) is 90.8 Å². The first-order valence-electron chi connectivity index (χ1n) is 21.6. The highest BCUT2D eigenvalue weighted by atomic mass is 16.2. The molecule has 322 valence electrons. The van der Waals surface area contributed by atoms with Crippen LogP contribution in [0, 0.1) is 12.8 Å². The van der Waals surface area contributed by atoms with Crippen LogP contribution in [-0.2, 0) is 23.2 Å². The van der Waals surface area contributed by atoms with E-state index in [1.165, 1.54) is 56.4 Å². The van der Waals surface area contributed by atoms with Gasteiger partial charge in [0.25, 0.3) is 5.91 Å². The van der Waals surface area contributed by atoms with Gasteiger partial charge >= 0.3 is 0 Å². The predicted octanol–water partition coefficient (Wildman–Crippen LogP) is 7.07. The van der Waals surface area contributed by atoms with Gasteiger partial charge < -0.3 is 25.8 Å². The van der Waals surface area contributed by atoms with Crippen molar-refractivity contribution in [2.75, 3.05) is 54.9 Å². The number of allylic oxidation sites excluding steroid dienone is 1. The number of carbonyl (C=O) groups is 3. The van der Waals surface area contributed by atoms with E-state index in [9.17, 15) is 14.4 Å². The Hall–Kier alpha value is -6.08. The number of hydrogen-bond acceptors (Lipinski definition) is 10. The lowest BCUT2D eigenvalue weighted by Crippen LogP contribution is -2.39. The van der Waals surface area contributed by atoms with E-state index < -0.39 is 0 Å². The summed E-state index contributed by atoms with van der Waals surface area (Å²) in [5.41, 5.74) is 9.11. The highest BCUT2D eigenvalue weighted by molar-refractivity contribution is 6.09. The van der Waals surface area contributed by atoms with Crippen LogP contribution in [0.25, 0.3) is 0 Å². The maximum Gasteiger partial charge on any atom is 0.254 e. The zero-order valence-corrected chi connectivity index (χ0v) is 36.0. The summed E-state index contributed by atoms with van der Waals surface area (Å²) in [6.07, 6.45) is 14.2. The van der Waals surface area contributed by atoms with E-state index in [4.69, 9.17) is 4.99 Å². The Kier molecular flexibility index (Phi) is 16.4. The van der Waals surface area contributed by atoms with Crippen LogP contribution in [0.3, 0.4) is 0 Å². The van der Waals surface area contributed by atoms with Gasteiger partial charge in [0.15, 0.2) is 0 Å². The summed E-state index contributed by atoms with van der Waals surface area (Å²) in [4.78, 5) is 48.6. The first-order valence-corrected chi connectivity index (χ1v) is 21.6. The van der Waals surface area contributed by atoms with Gasteiger partial charge in [-0.05, 0) is 149 Å². The number of rotatable bonds is 19. The van der Waals surface area contributed by atoms with E-state index in [-0.39, 0.29) is 17.9 Å². The molecule has 2 saturated heterocycles. The van der Waals surface area contributed by atoms with Crippen molar-refractivity contribution in [1.29, 1.82) is 0 Å². The third kappa shape index (κ3) is 13.5. The minimum absolute atomic E-state index is 0.135. The minimum Gasteiger partial charge on any atom is -0.383 e. The summed E-state index contributed by atoms with van der Waals surface area (Å²) >= 11 is 0. The normalized spacial score (nSPS) is 17.1. The number of hydrogen-bond donors (Lipinski definition) is 4. The third-order valence-corrected chi connectivity index (χ3v) is 11.9. The van der Waals surface area contributed by atoms with E-state index in [1.54, 1.807) is 30.3 Å². The number of aromatic nitrogens is 2. The number of likely N-dealkylation sites (tertiary alicyclic amines) is 1. The molecule has 2 aliphatic rings. The van der Waals surface area contributed by atoms with Crippen molar-refractivity contribution in [3.8, 4) is 0 Å². The van der Waals surface area contributed by atoms with Gasteiger partial charge in [0.1, 0.15) is 6.67 Å². The lowest BCUT2D eigenvalue weighted by atomic mass is 9.92. The smallest absolute Gasteiger partial charge is 0.254 e. The first-order chi connectivity index (χ1) is 29.7. The average Bonchev–Trinajstić information content (AvgIpc) is 3.58. The molecule has 3 amide bonds. The van der Waals surface area contributed by atoms with Crippen LogP contribution >= 0.6 is 0 Å². The molecule has 2 fully saturated rings. The summed E-state index contributed by atoms with van der Waals surface area (Å²) in [7, 11) is 1.79. The zero-order chi connectivity index (χ0) is 43.0. The molecule has 13 nitrogen and oxygen atoms in total. The minimum atomic E-state index is -0.243. The molecule has 2 aliphatic heterocycles. The van der Waals surface area contributed by atoms with Crippen LogP contribution in [0.1, 0.15) is 90.4 Å². The fourth-order valence-electron chi connectivity index (χ4n) is 8.34. The zero-order valence-electron chi connectivity index (χ0n) is 36.0. The number of carbonyl (C=O) groups excluding carboxylic acids is 3. The molecule has 0 radical (unpaired) electrons. The molecule has 2 atom stereocenters. The molecule has 0 bridgehead atoms. The van der Waals surface area contributed by atoms with Gasteiger partial charge in [-0.2, -0.15) is 5.10 Å². The second kappa shape index (κ2) is 22.5. The summed E-state index contributed by atoms with van der Waals surface area (Å²) < 4.78 is 1.61. The maximum atomic E-state index is 12.5. The van der Waals surface area contributed by atoms with Gasteiger partial charge in [-0.1, -0.05) is 24.3 Å². The van der Waals surface area contributed by atoms with Crippen molar-refractivity contribution in [2.45, 2.75) is 77.3 Å². The Morgan fingerprint density at radius 3 is 2.43 bits per heavy atom. The monoisotopic (exact) mass is 827 g/mol. The van der Waals surface area contributed by atoms with Gasteiger partial charge in [-0.3, -0.25) is 34.4 Å². The van der Waals surface area contributed by atoms with Gasteiger partial charge in [0.05, 0.1) is 17.5 Å². The molecule has 4 N–H and O–H groups in total. The Bertz CT molecular complexity index is 2120. The molecule has 1 aromatic heterocycles. The van der Waals surface area contributed by atoms with Crippen LogP contribution in [0.5, 0.6) is 0 Å². The number of amides is 3. The van der Waals surface area contributed by atoms with Crippen molar-refractivity contribution in [3.05, 3.63) is 119 Å². The average molecular weight is 827 g/mol. The largest absolute Gasteiger partial charge is 0.383 e. The van der Waals surface area contributed by atoms with Gasteiger partial charge in [0.2, 0.25) is 12.3 Å². The summed E-state index contributed by atoms with van der Waals surface area (Å²) in [5, 5.41) is 16.2. The number of anilines is 3. The van der Waals surface area contributed by atoms with Crippen molar-refractivity contribution >= 4 is 47.7 Å². The number of nitrogens with zero attached hydrogens (tertiary/aromatic N) is 6. The molecule has 0 aliphatic carbocycles. The second-order valence-electron chi connectivity index (χ2n) is 16.4. The summed E-state index contributed by atoms with van der Waals surface area (Å²) in [6.45, 7) is 14.2. The van der Waals surface area contributed by atoms with Crippen molar-refractivity contribution in [2.24, 2.45) is 23.0 Å². The molecule has 3 aromatic carbocycles. The van der Waals surface area contributed by atoms with Gasteiger partial charge in [-0.15, -0.1) is 0 Å². The summed E-state index contributed by atoms with van der Waals surface area (Å²) in [6, 6.07) is 23.8. The molecule has 13 heteroatoms. The Balaban J connectivity index is 0.918. The van der Waals surface area contributed by atoms with Crippen LogP contribution in [0.15, 0.2) is 101 Å². The number of aryl methyl sites for hydroxylation is 2. The molecule has 2 unspecified atom stereocenters. The lowest BCUT2D eigenvalue weighted by molar-refractivity contribution is -0.125. The molecule has 6 rings (SSSR count). The first kappa shape index (κ1) is 44.5. The number of benzene rings is 3. The molecule has 3 heterocycles. The molecular formula is C48H62N10O3. The van der Waals surface area contributed by atoms with Gasteiger partial charge in [0, 0.05) is 80.7 Å². The van der Waals surface area contributed by atoms with Crippen molar-refractivity contribution in [3.63, 3.8) is 0 Å². The predicted molar refractivity (Wildman–Crippen MR) is 247 cm³/mol. The molecule has 4 aromatic rings. The second-order valence-corrected chi connectivity index (χ2v) is 16.4. The van der Waals surface area contributed by atoms with Crippen molar-refractivity contribution in [1.82, 2.24) is 25.3 Å². The highest BCUT2D eigenvalue weighted by Gasteiger charge is 2.24. The van der Waals surface area contributed by atoms with E-state index in [0.717, 1.165) is 59.3 Å². The van der Waals surface area contributed by atoms with Crippen LogP contribution < -0.4 is 26.2 Å². The van der Waals surface area contributed by atoms with Gasteiger partial charge in [-0.25, -0.2) is 0 Å². The Morgan fingerprint density at radius 2 is 1.72 bits per heavy atom. The Morgan fingerprint density at radius 1 is 0.951 bits per heavy atom. The number of imide groups is 1. The fourth-order valence-corrected chi connectivity index (χ4v) is 8.34. The van der Waals surface area contributed by atoms with E-state index >= 15 is 0 Å². The number of nitrogens with one attached hydrogen (secondary N) is 4. The molecule has 0 saturated carbocycles. The van der Waals surface area contributed by atoms with E-state index in [0.29, 0.717) is 43.9 Å². The highest BCUT2D eigenvalue weighted by Crippen LogP contribution is 2.31. The number of piperidine rings is 1. The van der Waals surface area contributed by atoms with Crippen LogP contribution in [0.2, 0.25) is 0 Å². The fraction of sp³-hybridized carbons (Fsp3) is 0.417. The molecule has 0 spiro atoms. The van der Waals surface area contributed by atoms with Crippen molar-refractivity contribution < 1.29 is 14.4 Å². The third-order valence-electron chi connectivity index (χ3n) is 11.9. The van der Waals surface area contributed by atoms with Crippen LogP contribution in [0.4, 0.5) is 17.1 Å². The lowest BCUT2D eigenvalue weighted by Gasteiger charge is -2.36. The molecular weight excluding hydrogens is 765 g/mol. The topological polar surface area (TPSA) is 148 Å². The van der Waals surface area contributed by atoms with E-state index in [2.05, 4.69) is 109 Å².